The van der Waals surface area contributed by atoms with E-state index in [0.29, 0.717) is 0 Å². The number of nitrogens with one attached hydrogen (secondary N) is 1. The van der Waals surface area contributed by atoms with Gasteiger partial charge in [-0.3, -0.25) is 0 Å². The van der Waals surface area contributed by atoms with Gasteiger partial charge in [-0.25, -0.2) is 9.50 Å². The van der Waals surface area contributed by atoms with Crippen molar-refractivity contribution in [2.45, 2.75) is 51.0 Å². The molecule has 1 fully saturated rings. The lowest BCUT2D eigenvalue weighted by Crippen LogP contribution is -2.45. The van der Waals surface area contributed by atoms with Crippen LogP contribution in [0.4, 0.5) is 5.82 Å². The van der Waals surface area contributed by atoms with Gasteiger partial charge >= 0.3 is 0 Å². The largest absolute Gasteiger partial charge is 0.376 e. The lowest BCUT2D eigenvalue weighted by Gasteiger charge is -2.40. The Hall–Kier alpha value is -1.62. The van der Waals surface area contributed by atoms with Crippen LogP contribution in [-0.2, 0) is 10.2 Å². The highest BCUT2D eigenvalue weighted by Gasteiger charge is 2.37. The van der Waals surface area contributed by atoms with Gasteiger partial charge in [0.1, 0.15) is 5.52 Å². The quantitative estimate of drug-likeness (QED) is 0.939. The second-order valence-electron chi connectivity index (χ2n) is 6.98. The van der Waals surface area contributed by atoms with Crippen LogP contribution in [0.3, 0.4) is 0 Å². The first-order valence-corrected chi connectivity index (χ1v) is 7.57. The van der Waals surface area contributed by atoms with Gasteiger partial charge in [0.05, 0.1) is 11.3 Å². The SMILES string of the molecule is COC1(CNc2nccn3nc(C(C)(C)C)cc23)CCC1. The van der Waals surface area contributed by atoms with Crippen LogP contribution in [0, 0.1) is 0 Å². The summed E-state index contributed by atoms with van der Waals surface area (Å²) in [7, 11) is 1.80. The molecule has 2 aromatic heterocycles. The van der Waals surface area contributed by atoms with Crippen molar-refractivity contribution >= 4 is 11.3 Å². The molecule has 0 aliphatic heterocycles. The smallest absolute Gasteiger partial charge is 0.152 e. The van der Waals surface area contributed by atoms with Gasteiger partial charge in [-0.15, -0.1) is 0 Å². The summed E-state index contributed by atoms with van der Waals surface area (Å²) in [4.78, 5) is 4.47. The number of anilines is 1. The average Bonchev–Trinajstić information content (AvgIpc) is 2.82. The lowest BCUT2D eigenvalue weighted by molar-refractivity contribution is -0.0601. The van der Waals surface area contributed by atoms with Gasteiger partial charge in [-0.05, 0) is 25.3 Å². The molecule has 2 aromatic rings. The third-order valence-corrected chi connectivity index (χ3v) is 4.43. The molecule has 0 amide bonds. The second kappa shape index (κ2) is 4.98. The van der Waals surface area contributed by atoms with Crippen LogP contribution >= 0.6 is 0 Å². The van der Waals surface area contributed by atoms with Crippen molar-refractivity contribution in [3.05, 3.63) is 24.2 Å². The molecule has 0 unspecified atom stereocenters. The van der Waals surface area contributed by atoms with E-state index in [-0.39, 0.29) is 11.0 Å². The first kappa shape index (κ1) is 14.3. The van der Waals surface area contributed by atoms with Crippen molar-refractivity contribution in [1.82, 2.24) is 14.6 Å². The number of ether oxygens (including phenoxy) is 1. The van der Waals surface area contributed by atoms with Gasteiger partial charge in [0.2, 0.25) is 0 Å². The second-order valence-corrected chi connectivity index (χ2v) is 6.98. The minimum atomic E-state index is -0.0125. The van der Waals surface area contributed by atoms with E-state index in [4.69, 9.17) is 4.74 Å². The highest BCUT2D eigenvalue weighted by atomic mass is 16.5. The zero-order chi connectivity index (χ0) is 15.1. The Morgan fingerprint density at radius 1 is 1.38 bits per heavy atom. The first-order valence-electron chi connectivity index (χ1n) is 7.57. The zero-order valence-corrected chi connectivity index (χ0v) is 13.3. The fraction of sp³-hybridized carbons (Fsp3) is 0.625. The summed E-state index contributed by atoms with van der Waals surface area (Å²) in [6.07, 6.45) is 7.16. The molecule has 3 rings (SSSR count). The number of fused-ring (bicyclic) bond motifs is 1. The molecule has 114 valence electrons. The molecule has 21 heavy (non-hydrogen) atoms. The number of rotatable bonds is 4. The summed E-state index contributed by atoms with van der Waals surface area (Å²) in [5, 5.41) is 8.10. The zero-order valence-electron chi connectivity index (χ0n) is 13.3. The summed E-state index contributed by atoms with van der Waals surface area (Å²) < 4.78 is 7.55. The summed E-state index contributed by atoms with van der Waals surface area (Å²) >= 11 is 0. The number of hydrogen-bond acceptors (Lipinski definition) is 4. The molecule has 0 aromatic carbocycles. The summed E-state index contributed by atoms with van der Waals surface area (Å²) in [6, 6.07) is 2.12. The topological polar surface area (TPSA) is 51.5 Å². The molecule has 0 atom stereocenters. The molecule has 1 N–H and O–H groups in total. The maximum atomic E-state index is 5.65. The van der Waals surface area contributed by atoms with E-state index in [0.717, 1.165) is 36.4 Å². The van der Waals surface area contributed by atoms with E-state index in [1.165, 1.54) is 6.42 Å². The van der Waals surface area contributed by atoms with E-state index >= 15 is 0 Å². The predicted molar refractivity (Wildman–Crippen MR) is 83.8 cm³/mol. The molecule has 1 aliphatic rings. The third-order valence-electron chi connectivity index (χ3n) is 4.43. The first-order chi connectivity index (χ1) is 9.93. The molecule has 0 bridgehead atoms. The normalized spacial score (nSPS) is 17.7. The van der Waals surface area contributed by atoms with Crippen molar-refractivity contribution in [3.8, 4) is 0 Å². The average molecular weight is 288 g/mol. The van der Waals surface area contributed by atoms with Crippen LogP contribution in [0.1, 0.15) is 45.7 Å². The molecule has 0 saturated heterocycles. The highest BCUT2D eigenvalue weighted by molar-refractivity contribution is 5.68. The monoisotopic (exact) mass is 288 g/mol. The van der Waals surface area contributed by atoms with Crippen LogP contribution < -0.4 is 5.32 Å². The predicted octanol–water partition coefficient (Wildman–Crippen LogP) is 3.01. The van der Waals surface area contributed by atoms with Crippen molar-refractivity contribution in [3.63, 3.8) is 0 Å². The maximum Gasteiger partial charge on any atom is 0.152 e. The fourth-order valence-electron chi connectivity index (χ4n) is 2.69. The van der Waals surface area contributed by atoms with Crippen LogP contribution in [0.15, 0.2) is 18.5 Å². The minimum absolute atomic E-state index is 0.0125. The van der Waals surface area contributed by atoms with Gasteiger partial charge in [-0.2, -0.15) is 5.10 Å². The van der Waals surface area contributed by atoms with Crippen LogP contribution in [0.25, 0.3) is 5.52 Å². The van der Waals surface area contributed by atoms with Crippen molar-refractivity contribution in [2.24, 2.45) is 0 Å². The number of aromatic nitrogens is 3. The summed E-state index contributed by atoms with van der Waals surface area (Å²) in [5.74, 6) is 0.879. The Balaban J connectivity index is 1.86. The van der Waals surface area contributed by atoms with Gasteiger partial charge in [-0.1, -0.05) is 20.8 Å². The number of nitrogens with zero attached hydrogens (tertiary/aromatic N) is 3. The Morgan fingerprint density at radius 2 is 2.14 bits per heavy atom. The molecule has 2 heterocycles. The minimum Gasteiger partial charge on any atom is -0.376 e. The summed E-state index contributed by atoms with van der Waals surface area (Å²) in [6.45, 7) is 7.31. The van der Waals surface area contributed by atoms with Crippen molar-refractivity contribution in [2.75, 3.05) is 19.0 Å². The molecule has 5 nitrogen and oxygen atoms in total. The lowest BCUT2D eigenvalue weighted by atomic mass is 9.80. The van der Waals surface area contributed by atoms with Crippen molar-refractivity contribution in [1.29, 1.82) is 0 Å². The number of methoxy groups -OCH3 is 1. The fourth-order valence-corrected chi connectivity index (χ4v) is 2.69. The van der Waals surface area contributed by atoms with Gasteiger partial charge < -0.3 is 10.1 Å². The highest BCUT2D eigenvalue weighted by Crippen LogP contribution is 2.35. The Kier molecular flexibility index (Phi) is 3.40. The van der Waals surface area contributed by atoms with Crippen LogP contribution in [-0.4, -0.2) is 33.9 Å². The maximum absolute atomic E-state index is 5.65. The van der Waals surface area contributed by atoms with Crippen molar-refractivity contribution < 1.29 is 4.74 Å². The van der Waals surface area contributed by atoms with E-state index in [1.807, 2.05) is 10.7 Å². The molecule has 0 spiro atoms. The third kappa shape index (κ3) is 2.62. The van der Waals surface area contributed by atoms with Crippen LogP contribution in [0.5, 0.6) is 0 Å². The molecular weight excluding hydrogens is 264 g/mol. The van der Waals surface area contributed by atoms with Gasteiger partial charge in [0.25, 0.3) is 0 Å². The van der Waals surface area contributed by atoms with E-state index in [1.54, 1.807) is 13.3 Å². The van der Waals surface area contributed by atoms with E-state index in [9.17, 15) is 0 Å². The van der Waals surface area contributed by atoms with Crippen LogP contribution in [0.2, 0.25) is 0 Å². The van der Waals surface area contributed by atoms with E-state index in [2.05, 4.69) is 42.2 Å². The summed E-state index contributed by atoms with van der Waals surface area (Å²) in [5.41, 5.74) is 2.11. The van der Waals surface area contributed by atoms with Gasteiger partial charge in [0, 0.05) is 31.5 Å². The number of hydrogen-bond donors (Lipinski definition) is 1. The molecular formula is C16H24N4O. The standard InChI is InChI=1S/C16H24N4O/c1-15(2,3)13-10-12-14(17-8-9-20(12)19-13)18-11-16(21-4)6-5-7-16/h8-10H,5-7,11H2,1-4H3,(H,17,18). The molecule has 5 heteroatoms. The molecule has 1 saturated carbocycles. The van der Waals surface area contributed by atoms with Gasteiger partial charge in [0.15, 0.2) is 5.82 Å². The van der Waals surface area contributed by atoms with E-state index < -0.39 is 0 Å². The Labute approximate surface area is 125 Å². The molecule has 0 radical (unpaired) electrons. The Bertz CT molecular complexity index is 632. The molecule has 1 aliphatic carbocycles. The Morgan fingerprint density at radius 3 is 2.71 bits per heavy atom.